The van der Waals surface area contributed by atoms with Crippen molar-refractivity contribution in [3.05, 3.63) is 240 Å². The van der Waals surface area contributed by atoms with Crippen molar-refractivity contribution in [2.24, 2.45) is 0 Å². The van der Waals surface area contributed by atoms with Gasteiger partial charge in [-0.2, -0.15) is 0 Å². The molecular formula is C57H38N4S. The van der Waals surface area contributed by atoms with E-state index in [9.17, 15) is 5.41 Å². The van der Waals surface area contributed by atoms with Crippen LogP contribution >= 0.6 is 11.3 Å². The van der Waals surface area contributed by atoms with E-state index in [1.54, 1.807) is 0 Å². The second-order valence-electron chi connectivity index (χ2n) is 15.4. The van der Waals surface area contributed by atoms with Crippen LogP contribution in [-0.2, 0) is 0 Å². The second-order valence-corrected chi connectivity index (χ2v) is 16.5. The molecule has 4 nitrogen and oxygen atoms in total. The van der Waals surface area contributed by atoms with Crippen LogP contribution in [0.4, 0.5) is 0 Å². The molecule has 0 saturated carbocycles. The van der Waals surface area contributed by atoms with Gasteiger partial charge in [0.25, 0.3) is 0 Å². The van der Waals surface area contributed by atoms with E-state index < -0.39 is 0 Å². The molecule has 0 atom stereocenters. The fourth-order valence-corrected chi connectivity index (χ4v) is 9.52. The van der Waals surface area contributed by atoms with Crippen molar-refractivity contribution < 1.29 is 0 Å². The van der Waals surface area contributed by atoms with Crippen molar-refractivity contribution in [3.8, 4) is 45.0 Å². The summed E-state index contributed by atoms with van der Waals surface area (Å²) < 4.78 is 2.59. The summed E-state index contributed by atoms with van der Waals surface area (Å²) in [5, 5.41) is 16.0. The number of nitrogens with zero attached hydrogens (tertiary/aromatic N) is 2. The first-order valence-corrected chi connectivity index (χ1v) is 21.5. The minimum absolute atomic E-state index is 0.451. The van der Waals surface area contributed by atoms with Crippen molar-refractivity contribution in [2.75, 3.05) is 0 Å². The summed E-state index contributed by atoms with van der Waals surface area (Å²) >= 11 is 1.84. The van der Waals surface area contributed by atoms with E-state index in [-0.39, 0.29) is 0 Å². The van der Waals surface area contributed by atoms with Gasteiger partial charge in [0, 0.05) is 59.3 Å². The monoisotopic (exact) mass is 810 g/mol. The molecule has 0 amide bonds. The lowest BCUT2D eigenvalue weighted by Gasteiger charge is -2.26. The number of rotatable bonds is 8. The van der Waals surface area contributed by atoms with Gasteiger partial charge in [0.2, 0.25) is 0 Å². The van der Waals surface area contributed by atoms with Gasteiger partial charge in [-0.25, -0.2) is 9.97 Å². The minimum Gasteiger partial charge on any atom is -0.354 e. The molecule has 5 heteroatoms. The van der Waals surface area contributed by atoms with Crippen LogP contribution in [-0.4, -0.2) is 15.7 Å². The first-order chi connectivity index (χ1) is 30.6. The van der Waals surface area contributed by atoms with Gasteiger partial charge >= 0.3 is 0 Å². The fourth-order valence-electron chi connectivity index (χ4n) is 8.44. The maximum absolute atomic E-state index is 9.58. The Labute approximate surface area is 364 Å². The lowest BCUT2D eigenvalue weighted by molar-refractivity contribution is 1.18. The van der Waals surface area contributed by atoms with Crippen LogP contribution in [0.25, 0.3) is 88.2 Å². The second kappa shape index (κ2) is 15.9. The standard InChI is InChI=1S/C57H38N4S/c58-55(39-20-8-3-9-21-39)54(38-18-6-2-7-19-38)56-46-27-11-10-22-42(46)35-49(59-56)44-25-15-26-45(33-44)57-60-50(37-16-4-1-5-17-37)36-51(61-57)43-24-14-23-40(32-43)41-30-31-53-48(34-41)47-28-12-13-29-52(47)62-53/h1-36,58-59H/b56-54-,58-55?. The number of hydrogen-bond acceptors (Lipinski definition) is 5. The van der Waals surface area contributed by atoms with Gasteiger partial charge in [0.05, 0.1) is 22.8 Å². The number of benzene rings is 8. The Kier molecular flexibility index (Phi) is 9.49. The Hall–Kier alpha value is -7.99. The highest BCUT2D eigenvalue weighted by atomic mass is 32.1. The van der Waals surface area contributed by atoms with E-state index in [1.807, 2.05) is 78.1 Å². The summed E-state index contributed by atoms with van der Waals surface area (Å²) in [6.45, 7) is 0. The molecule has 0 unspecified atom stereocenters. The summed E-state index contributed by atoms with van der Waals surface area (Å²) in [6, 6.07) is 73.6. The predicted octanol–water partition coefficient (Wildman–Crippen LogP) is 14.6. The lowest BCUT2D eigenvalue weighted by Crippen LogP contribution is -2.20. The third-order valence-corrected chi connectivity index (χ3v) is 12.7. The molecule has 1 aliphatic rings. The molecular weight excluding hydrogens is 773 g/mol. The number of aromatic nitrogens is 2. The van der Waals surface area contributed by atoms with Crippen LogP contribution in [0.15, 0.2) is 212 Å². The molecule has 3 heterocycles. The zero-order chi connectivity index (χ0) is 41.4. The molecule has 8 aromatic carbocycles. The molecule has 0 radical (unpaired) electrons. The van der Waals surface area contributed by atoms with Gasteiger partial charge in [0.15, 0.2) is 5.82 Å². The van der Waals surface area contributed by atoms with Gasteiger partial charge in [-0.1, -0.05) is 176 Å². The largest absolute Gasteiger partial charge is 0.354 e. The fraction of sp³-hybridized carbons (Fsp3) is 0. The number of hydrogen-bond donors (Lipinski definition) is 2. The summed E-state index contributed by atoms with van der Waals surface area (Å²) in [5.74, 6) is 0.642. The third-order valence-electron chi connectivity index (χ3n) is 11.5. The molecule has 0 fully saturated rings. The van der Waals surface area contributed by atoms with Gasteiger partial charge in [-0.15, -0.1) is 11.3 Å². The highest BCUT2D eigenvalue weighted by molar-refractivity contribution is 7.25. The zero-order valence-electron chi connectivity index (χ0n) is 33.6. The predicted molar refractivity (Wildman–Crippen MR) is 261 cm³/mol. The zero-order valence-corrected chi connectivity index (χ0v) is 34.4. The SMILES string of the molecule is N=C(/C(=C1\NC(c2cccc(-c3nc(-c4ccccc4)cc(-c4cccc(-c5ccc6sc7ccccc7c6c5)c4)n3)c2)=Cc2ccccc21)c1ccccc1)c1ccccc1. The van der Waals surface area contributed by atoms with Crippen molar-refractivity contribution in [3.63, 3.8) is 0 Å². The number of thiophene rings is 1. The molecule has 11 rings (SSSR count). The van der Waals surface area contributed by atoms with E-state index in [4.69, 9.17) is 9.97 Å². The normalized spacial score (nSPS) is 13.0. The van der Waals surface area contributed by atoms with Crippen LogP contribution in [0.5, 0.6) is 0 Å². The molecule has 0 bridgehead atoms. The smallest absolute Gasteiger partial charge is 0.160 e. The Morgan fingerprint density at radius 1 is 0.435 bits per heavy atom. The van der Waals surface area contributed by atoms with Crippen LogP contribution < -0.4 is 5.32 Å². The molecule has 62 heavy (non-hydrogen) atoms. The topological polar surface area (TPSA) is 61.7 Å². The maximum Gasteiger partial charge on any atom is 0.160 e. The Bertz CT molecular complexity index is 3380. The van der Waals surface area contributed by atoms with Crippen molar-refractivity contribution in [1.29, 1.82) is 5.41 Å². The Morgan fingerprint density at radius 3 is 1.82 bits per heavy atom. The molecule has 0 spiro atoms. The average molecular weight is 811 g/mol. The van der Waals surface area contributed by atoms with Crippen LogP contribution in [0, 0.1) is 5.41 Å². The van der Waals surface area contributed by atoms with E-state index in [2.05, 4.69) is 157 Å². The molecule has 292 valence electrons. The van der Waals surface area contributed by atoms with Gasteiger partial charge in [0.1, 0.15) is 0 Å². The van der Waals surface area contributed by atoms with Crippen molar-refractivity contribution >= 4 is 60.3 Å². The molecule has 2 aromatic heterocycles. The minimum atomic E-state index is 0.451. The van der Waals surface area contributed by atoms with Gasteiger partial charge < -0.3 is 5.32 Å². The van der Waals surface area contributed by atoms with Crippen molar-refractivity contribution in [2.45, 2.75) is 0 Å². The summed E-state index contributed by atoms with van der Waals surface area (Å²) in [4.78, 5) is 10.5. The van der Waals surface area contributed by atoms with E-state index in [0.717, 1.165) is 78.4 Å². The summed E-state index contributed by atoms with van der Waals surface area (Å²) in [6.07, 6.45) is 2.20. The van der Waals surface area contributed by atoms with E-state index in [1.165, 1.54) is 25.7 Å². The summed E-state index contributed by atoms with van der Waals surface area (Å²) in [5.41, 5.74) is 15.0. The van der Waals surface area contributed by atoms with Crippen LogP contribution in [0.2, 0.25) is 0 Å². The number of fused-ring (bicyclic) bond motifs is 4. The molecule has 0 aliphatic carbocycles. The molecule has 1 aliphatic heterocycles. The number of nitrogens with one attached hydrogen (secondary N) is 2. The molecule has 0 saturated heterocycles. The van der Waals surface area contributed by atoms with Gasteiger partial charge in [-0.05, 0) is 70.3 Å². The maximum atomic E-state index is 9.58. The number of allylic oxidation sites excluding steroid dienone is 1. The van der Waals surface area contributed by atoms with E-state index >= 15 is 0 Å². The quantitative estimate of drug-likeness (QED) is 0.150. The first kappa shape index (κ1) is 37.0. The van der Waals surface area contributed by atoms with Crippen molar-refractivity contribution in [1.82, 2.24) is 15.3 Å². The molecule has 10 aromatic rings. The van der Waals surface area contributed by atoms with E-state index in [0.29, 0.717) is 11.5 Å². The Morgan fingerprint density at radius 2 is 1.02 bits per heavy atom. The highest BCUT2D eigenvalue weighted by Gasteiger charge is 2.24. The molecule has 2 N–H and O–H groups in total. The Balaban J connectivity index is 1.01. The average Bonchev–Trinajstić information content (AvgIpc) is 3.73. The lowest BCUT2D eigenvalue weighted by atomic mass is 9.88. The summed E-state index contributed by atoms with van der Waals surface area (Å²) in [7, 11) is 0. The van der Waals surface area contributed by atoms with Crippen LogP contribution in [0.1, 0.15) is 27.8 Å². The van der Waals surface area contributed by atoms with Crippen LogP contribution in [0.3, 0.4) is 0 Å². The first-order valence-electron chi connectivity index (χ1n) is 20.7. The third kappa shape index (κ3) is 7.00. The van der Waals surface area contributed by atoms with Gasteiger partial charge in [-0.3, -0.25) is 5.41 Å². The highest BCUT2D eigenvalue weighted by Crippen LogP contribution is 2.39.